The van der Waals surface area contributed by atoms with E-state index in [0.717, 1.165) is 23.5 Å². The van der Waals surface area contributed by atoms with Gasteiger partial charge in [0.05, 0.1) is 24.2 Å². The number of ether oxygens (including phenoxy) is 2. The third-order valence-corrected chi connectivity index (χ3v) is 8.73. The SMILES string of the molecule is COC(=O)c1c(F)cc(OCCNC(=O)[C@@H]2Cc3ccccc3N2S(=O)(=O)c2ccc(-c3ccc(F)cc3)cc2)cc1F. The number of benzene rings is 4. The van der Waals surface area contributed by atoms with E-state index >= 15 is 0 Å². The lowest BCUT2D eigenvalue weighted by Gasteiger charge is -2.26. The van der Waals surface area contributed by atoms with Crippen LogP contribution in [0.4, 0.5) is 18.9 Å². The van der Waals surface area contributed by atoms with E-state index in [2.05, 4.69) is 10.1 Å². The number of anilines is 1. The van der Waals surface area contributed by atoms with Crippen molar-refractivity contribution in [1.82, 2.24) is 5.32 Å². The van der Waals surface area contributed by atoms with Crippen molar-refractivity contribution in [3.05, 3.63) is 114 Å². The van der Waals surface area contributed by atoms with Crippen LogP contribution >= 0.6 is 0 Å². The van der Waals surface area contributed by atoms with Gasteiger partial charge in [0.2, 0.25) is 5.91 Å². The van der Waals surface area contributed by atoms with Gasteiger partial charge in [0.25, 0.3) is 10.0 Å². The number of carbonyl (C=O) groups is 2. The Morgan fingerprint density at radius 1 is 0.907 bits per heavy atom. The number of carbonyl (C=O) groups excluding carboxylic acids is 2. The van der Waals surface area contributed by atoms with Gasteiger partial charge in [0, 0.05) is 18.6 Å². The number of halogens is 3. The molecule has 1 N–H and O–H groups in total. The second-order valence-electron chi connectivity index (χ2n) is 9.57. The minimum Gasteiger partial charge on any atom is -0.492 e. The molecule has 0 saturated carbocycles. The van der Waals surface area contributed by atoms with Gasteiger partial charge in [-0.3, -0.25) is 9.10 Å². The third-order valence-electron chi connectivity index (χ3n) is 6.89. The average Bonchev–Trinajstić information content (AvgIpc) is 3.40. The summed E-state index contributed by atoms with van der Waals surface area (Å²) in [6.07, 6.45) is 0.126. The second kappa shape index (κ2) is 12.2. The van der Waals surface area contributed by atoms with E-state index in [4.69, 9.17) is 4.74 Å². The van der Waals surface area contributed by atoms with Gasteiger partial charge in [0.15, 0.2) is 0 Å². The smallest absolute Gasteiger partial charge is 0.343 e. The molecule has 1 amide bonds. The summed E-state index contributed by atoms with van der Waals surface area (Å²) in [5, 5.41) is 2.62. The fourth-order valence-electron chi connectivity index (χ4n) is 4.82. The summed E-state index contributed by atoms with van der Waals surface area (Å²) in [5.41, 5.74) is 1.59. The van der Waals surface area contributed by atoms with Gasteiger partial charge in [-0.25, -0.2) is 26.4 Å². The molecule has 5 rings (SSSR count). The van der Waals surface area contributed by atoms with Crippen molar-refractivity contribution in [2.75, 3.05) is 24.6 Å². The van der Waals surface area contributed by atoms with Crippen LogP contribution in [-0.2, 0) is 26.0 Å². The van der Waals surface area contributed by atoms with Crippen molar-refractivity contribution < 1.29 is 40.7 Å². The van der Waals surface area contributed by atoms with Gasteiger partial charge in [-0.2, -0.15) is 0 Å². The van der Waals surface area contributed by atoms with E-state index < -0.39 is 45.1 Å². The predicted molar refractivity (Wildman–Crippen MR) is 152 cm³/mol. The Bertz CT molecular complexity index is 1760. The zero-order valence-electron chi connectivity index (χ0n) is 22.7. The van der Waals surface area contributed by atoms with Crippen molar-refractivity contribution in [1.29, 1.82) is 0 Å². The van der Waals surface area contributed by atoms with Crippen LogP contribution in [0.15, 0.2) is 89.8 Å². The number of fused-ring (bicyclic) bond motifs is 1. The first-order chi connectivity index (χ1) is 20.6. The van der Waals surface area contributed by atoms with Crippen LogP contribution in [0.2, 0.25) is 0 Å². The number of rotatable bonds is 9. The van der Waals surface area contributed by atoms with Crippen LogP contribution < -0.4 is 14.4 Å². The van der Waals surface area contributed by atoms with E-state index in [9.17, 15) is 31.2 Å². The van der Waals surface area contributed by atoms with Gasteiger partial charge < -0.3 is 14.8 Å². The number of nitrogens with one attached hydrogen (secondary N) is 1. The van der Waals surface area contributed by atoms with Crippen molar-refractivity contribution >= 4 is 27.6 Å². The number of sulfonamides is 1. The zero-order chi connectivity index (χ0) is 30.7. The highest BCUT2D eigenvalue weighted by Crippen LogP contribution is 2.37. The lowest BCUT2D eigenvalue weighted by molar-refractivity contribution is -0.122. The maximum absolute atomic E-state index is 14.2. The van der Waals surface area contributed by atoms with E-state index in [1.165, 1.54) is 24.3 Å². The lowest BCUT2D eigenvalue weighted by atomic mass is 10.1. The van der Waals surface area contributed by atoms with Gasteiger partial charge in [-0.15, -0.1) is 0 Å². The molecule has 12 heteroatoms. The Labute approximate surface area is 245 Å². The van der Waals surface area contributed by atoms with Crippen molar-refractivity contribution in [3.8, 4) is 16.9 Å². The minimum absolute atomic E-state index is 0.0318. The summed E-state index contributed by atoms with van der Waals surface area (Å²) in [5.74, 6) is -4.69. The maximum atomic E-state index is 14.2. The quantitative estimate of drug-likeness (QED) is 0.214. The van der Waals surface area contributed by atoms with Crippen LogP contribution in [0.5, 0.6) is 5.75 Å². The molecule has 8 nitrogen and oxygen atoms in total. The van der Waals surface area contributed by atoms with Crippen molar-refractivity contribution in [2.24, 2.45) is 0 Å². The summed E-state index contributed by atoms with van der Waals surface area (Å²) >= 11 is 0. The van der Waals surface area contributed by atoms with Crippen molar-refractivity contribution in [3.63, 3.8) is 0 Å². The first-order valence-electron chi connectivity index (χ1n) is 13.1. The molecule has 0 radical (unpaired) electrons. The molecule has 0 aliphatic carbocycles. The van der Waals surface area contributed by atoms with Crippen molar-refractivity contribution in [2.45, 2.75) is 17.4 Å². The Morgan fingerprint density at radius 3 is 2.14 bits per heavy atom. The third kappa shape index (κ3) is 6.05. The molecule has 0 bridgehead atoms. The molecule has 1 heterocycles. The van der Waals surface area contributed by atoms with Crippen LogP contribution in [0, 0.1) is 17.5 Å². The number of methoxy groups -OCH3 is 1. The molecular weight excluding hydrogens is 585 g/mol. The highest BCUT2D eigenvalue weighted by molar-refractivity contribution is 7.93. The molecule has 1 atom stereocenters. The topological polar surface area (TPSA) is 102 Å². The van der Waals surface area contributed by atoms with Crippen LogP contribution in [-0.4, -0.2) is 46.6 Å². The monoisotopic (exact) mass is 610 g/mol. The van der Waals surface area contributed by atoms with Gasteiger partial charge in [-0.05, 0) is 47.0 Å². The van der Waals surface area contributed by atoms with E-state index in [1.807, 2.05) is 0 Å². The van der Waals surface area contributed by atoms with E-state index in [1.54, 1.807) is 48.5 Å². The van der Waals surface area contributed by atoms with Crippen LogP contribution in [0.3, 0.4) is 0 Å². The second-order valence-corrected chi connectivity index (χ2v) is 11.4. The van der Waals surface area contributed by atoms with Gasteiger partial charge >= 0.3 is 5.97 Å². The van der Waals surface area contributed by atoms with Crippen LogP contribution in [0.1, 0.15) is 15.9 Å². The molecule has 0 saturated heterocycles. The summed E-state index contributed by atoms with van der Waals surface area (Å²) in [4.78, 5) is 24.8. The molecule has 4 aromatic carbocycles. The molecule has 0 fully saturated rings. The maximum Gasteiger partial charge on any atom is 0.343 e. The molecular formula is C31H25F3N2O6S. The van der Waals surface area contributed by atoms with E-state index in [-0.39, 0.29) is 36.0 Å². The number of para-hydroxylation sites is 1. The lowest BCUT2D eigenvalue weighted by Crippen LogP contribution is -2.48. The Kier molecular flexibility index (Phi) is 8.40. The van der Waals surface area contributed by atoms with Gasteiger partial charge in [0.1, 0.15) is 41.4 Å². The molecule has 0 spiro atoms. The van der Waals surface area contributed by atoms with Gasteiger partial charge in [-0.1, -0.05) is 42.5 Å². The predicted octanol–water partition coefficient (Wildman–Crippen LogP) is 4.87. The minimum atomic E-state index is -4.19. The van der Waals surface area contributed by atoms with Crippen LogP contribution in [0.25, 0.3) is 11.1 Å². The molecule has 0 unspecified atom stereocenters. The molecule has 4 aromatic rings. The summed E-state index contributed by atoms with van der Waals surface area (Å²) in [6.45, 7) is -0.298. The summed E-state index contributed by atoms with van der Waals surface area (Å²) in [7, 11) is -3.19. The van der Waals surface area contributed by atoms with E-state index in [0.29, 0.717) is 22.4 Å². The highest BCUT2D eigenvalue weighted by Gasteiger charge is 2.42. The summed E-state index contributed by atoms with van der Waals surface area (Å²) in [6, 6.07) is 19.2. The molecule has 1 aliphatic heterocycles. The largest absolute Gasteiger partial charge is 0.492 e. The first kappa shape index (κ1) is 29.6. The standard InChI is InChI=1S/C31H25F3N2O6S/c1-41-31(38)29-25(33)17-23(18-26(29)34)42-15-14-35-30(37)28-16-21-4-2-3-5-27(21)36(28)43(39,40)24-12-8-20(9-13-24)19-6-10-22(32)11-7-19/h2-13,17-18,28H,14-16H2,1H3,(H,35,37)/t28-/m0/s1. The number of hydrogen-bond donors (Lipinski definition) is 1. The fourth-order valence-corrected chi connectivity index (χ4v) is 6.47. The fraction of sp³-hybridized carbons (Fsp3) is 0.161. The average molecular weight is 611 g/mol. The molecule has 1 aliphatic rings. The molecule has 43 heavy (non-hydrogen) atoms. The Hall–Kier alpha value is -4.84. The number of hydrogen-bond acceptors (Lipinski definition) is 6. The Morgan fingerprint density at radius 2 is 1.51 bits per heavy atom. The molecule has 0 aromatic heterocycles. The summed E-state index contributed by atoms with van der Waals surface area (Å²) < 4.78 is 80.1. The zero-order valence-corrected chi connectivity index (χ0v) is 23.5. The Balaban J connectivity index is 1.30. The highest BCUT2D eigenvalue weighted by atomic mass is 32.2. The number of amides is 1. The number of esters is 1. The molecule has 222 valence electrons. The number of nitrogens with zero attached hydrogens (tertiary/aromatic N) is 1. The normalized spacial score (nSPS) is 14.2. The first-order valence-corrected chi connectivity index (χ1v) is 14.5.